The molecule has 2 nitrogen and oxygen atoms in total. The normalized spacial score (nSPS) is 12.5. The SMILES string of the molecule is CC(C)C(C)NC(=O)CSCc1ccc(Cl)c(Cl)c1. The molecule has 0 fully saturated rings. The molecule has 0 heterocycles. The van der Waals surface area contributed by atoms with Gasteiger partial charge in [0, 0.05) is 11.8 Å². The minimum Gasteiger partial charge on any atom is -0.353 e. The van der Waals surface area contributed by atoms with Gasteiger partial charge in [-0.2, -0.15) is 0 Å². The fourth-order valence-electron chi connectivity index (χ4n) is 1.35. The van der Waals surface area contributed by atoms with Gasteiger partial charge in [0.15, 0.2) is 0 Å². The molecule has 0 aliphatic carbocycles. The highest BCUT2D eigenvalue weighted by molar-refractivity contribution is 7.99. The summed E-state index contributed by atoms with van der Waals surface area (Å²) in [7, 11) is 0. The smallest absolute Gasteiger partial charge is 0.230 e. The number of hydrogen-bond acceptors (Lipinski definition) is 2. The van der Waals surface area contributed by atoms with Gasteiger partial charge in [0.2, 0.25) is 5.91 Å². The van der Waals surface area contributed by atoms with Crippen molar-refractivity contribution in [3.63, 3.8) is 0 Å². The van der Waals surface area contributed by atoms with Gasteiger partial charge < -0.3 is 5.32 Å². The third-order valence-electron chi connectivity index (χ3n) is 2.87. The first-order chi connectivity index (χ1) is 8.90. The first kappa shape index (κ1) is 16.7. The van der Waals surface area contributed by atoms with E-state index in [0.29, 0.717) is 21.7 Å². The van der Waals surface area contributed by atoms with Crippen molar-refractivity contribution in [1.82, 2.24) is 5.32 Å². The molecule has 0 saturated heterocycles. The molecule has 0 bridgehead atoms. The molecule has 0 aliphatic heterocycles. The monoisotopic (exact) mass is 319 g/mol. The van der Waals surface area contributed by atoms with E-state index in [0.717, 1.165) is 11.3 Å². The third-order valence-corrected chi connectivity index (χ3v) is 4.62. The molecule has 0 radical (unpaired) electrons. The zero-order valence-corrected chi connectivity index (χ0v) is 13.7. The Bertz CT molecular complexity index is 437. The van der Waals surface area contributed by atoms with Crippen LogP contribution >= 0.6 is 35.0 Å². The Morgan fingerprint density at radius 2 is 1.95 bits per heavy atom. The number of nitrogens with one attached hydrogen (secondary N) is 1. The molecule has 1 unspecified atom stereocenters. The Balaban J connectivity index is 2.33. The standard InChI is InChI=1S/C14H19Cl2NOS/c1-9(2)10(3)17-14(18)8-19-7-11-4-5-12(15)13(16)6-11/h4-6,9-10H,7-8H2,1-3H3,(H,17,18). The second-order valence-electron chi connectivity index (χ2n) is 4.84. The van der Waals surface area contributed by atoms with E-state index in [4.69, 9.17) is 23.2 Å². The van der Waals surface area contributed by atoms with E-state index < -0.39 is 0 Å². The minimum absolute atomic E-state index is 0.0752. The molecule has 1 atom stereocenters. The highest BCUT2D eigenvalue weighted by Gasteiger charge is 2.10. The number of benzene rings is 1. The number of thioether (sulfide) groups is 1. The van der Waals surface area contributed by atoms with Crippen LogP contribution in [0.3, 0.4) is 0 Å². The van der Waals surface area contributed by atoms with E-state index in [-0.39, 0.29) is 11.9 Å². The molecular weight excluding hydrogens is 301 g/mol. The second-order valence-corrected chi connectivity index (χ2v) is 6.64. The predicted octanol–water partition coefficient (Wildman–Crippen LogP) is 4.39. The lowest BCUT2D eigenvalue weighted by molar-refractivity contribution is -0.119. The highest BCUT2D eigenvalue weighted by atomic mass is 35.5. The molecule has 1 aromatic rings. The fraction of sp³-hybridized carbons (Fsp3) is 0.500. The fourth-order valence-corrected chi connectivity index (χ4v) is 2.46. The molecule has 106 valence electrons. The number of rotatable bonds is 6. The van der Waals surface area contributed by atoms with Crippen molar-refractivity contribution < 1.29 is 4.79 Å². The van der Waals surface area contributed by atoms with Crippen LogP contribution < -0.4 is 5.32 Å². The number of halogens is 2. The Morgan fingerprint density at radius 3 is 2.53 bits per heavy atom. The van der Waals surface area contributed by atoms with Crippen molar-refractivity contribution in [3.8, 4) is 0 Å². The van der Waals surface area contributed by atoms with Crippen molar-refractivity contribution in [1.29, 1.82) is 0 Å². The van der Waals surface area contributed by atoms with Crippen molar-refractivity contribution in [2.45, 2.75) is 32.6 Å². The Kier molecular flexibility index (Phi) is 7.05. The summed E-state index contributed by atoms with van der Waals surface area (Å²) in [6.07, 6.45) is 0. The molecular formula is C14H19Cl2NOS. The van der Waals surface area contributed by atoms with Crippen LogP contribution in [0.15, 0.2) is 18.2 Å². The van der Waals surface area contributed by atoms with Gasteiger partial charge >= 0.3 is 0 Å². The Labute approximate surface area is 129 Å². The van der Waals surface area contributed by atoms with Gasteiger partial charge in [-0.1, -0.05) is 43.1 Å². The molecule has 0 aromatic heterocycles. The van der Waals surface area contributed by atoms with Crippen LogP contribution in [0.25, 0.3) is 0 Å². The van der Waals surface area contributed by atoms with Crippen molar-refractivity contribution in [2.24, 2.45) is 5.92 Å². The summed E-state index contributed by atoms with van der Waals surface area (Å²) >= 11 is 13.4. The van der Waals surface area contributed by atoms with Crippen LogP contribution in [0.1, 0.15) is 26.3 Å². The first-order valence-electron chi connectivity index (χ1n) is 6.21. The lowest BCUT2D eigenvalue weighted by Crippen LogP contribution is -2.37. The van der Waals surface area contributed by atoms with Gasteiger partial charge in [0.1, 0.15) is 0 Å². The molecule has 1 aromatic carbocycles. The van der Waals surface area contributed by atoms with Crippen molar-refractivity contribution in [2.75, 3.05) is 5.75 Å². The van der Waals surface area contributed by atoms with Gasteiger partial charge in [-0.05, 0) is 30.5 Å². The zero-order valence-electron chi connectivity index (χ0n) is 11.4. The molecule has 0 aliphatic rings. The maximum Gasteiger partial charge on any atom is 0.230 e. The summed E-state index contributed by atoms with van der Waals surface area (Å²) in [6, 6.07) is 5.75. The Hall–Kier alpha value is -0.380. The number of hydrogen-bond donors (Lipinski definition) is 1. The number of carbonyl (C=O) groups excluding carboxylic acids is 1. The quantitative estimate of drug-likeness (QED) is 0.842. The minimum atomic E-state index is 0.0752. The molecule has 1 amide bonds. The predicted molar refractivity (Wildman–Crippen MR) is 85.1 cm³/mol. The van der Waals surface area contributed by atoms with Gasteiger partial charge in [-0.15, -0.1) is 11.8 Å². The summed E-state index contributed by atoms with van der Waals surface area (Å²) < 4.78 is 0. The maximum absolute atomic E-state index is 11.7. The van der Waals surface area contributed by atoms with E-state index in [2.05, 4.69) is 19.2 Å². The summed E-state index contributed by atoms with van der Waals surface area (Å²) in [5.41, 5.74) is 1.07. The van der Waals surface area contributed by atoms with Crippen LogP contribution in [-0.4, -0.2) is 17.7 Å². The van der Waals surface area contributed by atoms with E-state index in [1.54, 1.807) is 17.8 Å². The van der Waals surface area contributed by atoms with Crippen LogP contribution in [0.4, 0.5) is 0 Å². The molecule has 19 heavy (non-hydrogen) atoms. The van der Waals surface area contributed by atoms with Gasteiger partial charge in [0.05, 0.1) is 15.8 Å². The maximum atomic E-state index is 11.7. The van der Waals surface area contributed by atoms with E-state index in [1.807, 2.05) is 19.1 Å². The number of carbonyl (C=O) groups is 1. The summed E-state index contributed by atoms with van der Waals surface area (Å²) in [5.74, 6) is 1.73. The average molecular weight is 320 g/mol. The van der Waals surface area contributed by atoms with E-state index in [1.165, 1.54) is 0 Å². The van der Waals surface area contributed by atoms with Crippen LogP contribution in [0.2, 0.25) is 10.0 Å². The molecule has 0 saturated carbocycles. The second kappa shape index (κ2) is 8.03. The van der Waals surface area contributed by atoms with Crippen molar-refractivity contribution >= 4 is 40.9 Å². The van der Waals surface area contributed by atoms with Crippen LogP contribution in [0.5, 0.6) is 0 Å². The van der Waals surface area contributed by atoms with Crippen LogP contribution in [0, 0.1) is 5.92 Å². The highest BCUT2D eigenvalue weighted by Crippen LogP contribution is 2.24. The third kappa shape index (κ3) is 6.07. The van der Waals surface area contributed by atoms with Gasteiger partial charge in [0.25, 0.3) is 0 Å². The van der Waals surface area contributed by atoms with Gasteiger partial charge in [-0.25, -0.2) is 0 Å². The lowest BCUT2D eigenvalue weighted by Gasteiger charge is -2.17. The van der Waals surface area contributed by atoms with Crippen molar-refractivity contribution in [3.05, 3.63) is 33.8 Å². The van der Waals surface area contributed by atoms with E-state index in [9.17, 15) is 4.79 Å². The first-order valence-corrected chi connectivity index (χ1v) is 8.12. The topological polar surface area (TPSA) is 29.1 Å². The largest absolute Gasteiger partial charge is 0.353 e. The van der Waals surface area contributed by atoms with Gasteiger partial charge in [-0.3, -0.25) is 4.79 Å². The summed E-state index contributed by atoms with van der Waals surface area (Å²) in [5, 5.41) is 4.09. The lowest BCUT2D eigenvalue weighted by atomic mass is 10.1. The average Bonchev–Trinajstić information content (AvgIpc) is 2.33. The summed E-state index contributed by atoms with van der Waals surface area (Å²) in [4.78, 5) is 11.7. The van der Waals surface area contributed by atoms with Crippen LogP contribution in [-0.2, 0) is 10.5 Å². The zero-order chi connectivity index (χ0) is 14.4. The summed E-state index contributed by atoms with van der Waals surface area (Å²) in [6.45, 7) is 6.20. The molecule has 1 rings (SSSR count). The molecule has 1 N–H and O–H groups in total. The molecule has 5 heteroatoms. The molecule has 0 spiro atoms. The number of amides is 1. The van der Waals surface area contributed by atoms with E-state index >= 15 is 0 Å². The Morgan fingerprint density at radius 1 is 1.26 bits per heavy atom.